The van der Waals surface area contributed by atoms with Gasteiger partial charge in [0, 0.05) is 24.3 Å². The molecule has 0 radical (unpaired) electrons. The normalized spacial score (nSPS) is 13.4. The van der Waals surface area contributed by atoms with Crippen molar-refractivity contribution in [1.82, 2.24) is 0 Å². The topological polar surface area (TPSA) is 247 Å². The average Bonchev–Trinajstić information content (AvgIpc) is 0.720. The summed E-state index contributed by atoms with van der Waals surface area (Å²) in [6, 6.07) is 1.71. The zero-order chi connectivity index (χ0) is 71.3. The lowest BCUT2D eigenvalue weighted by Crippen LogP contribution is -2.70. The van der Waals surface area contributed by atoms with Crippen LogP contribution in [0.25, 0.3) is 0 Å². The zero-order valence-electron chi connectivity index (χ0n) is 45.1. The SMILES string of the molecule is COc1cc(COC(=O)OCOC(=O)CCCSSCCCC(=O)OCOC(=O)OCc2cc(OC)c(OCCC(F)(F)C(F)(F)C(F)(F)C(F)(F)C(F)(F)C(F)(F)F)cc2[N+](=O)[O-])c([N+](=O)[O-])cc1OCCC(F)(F)C(F)(F)C(F)(F)C(F)(F)C(F)(F)C(F)(F)F. The molecule has 2 aromatic rings. The van der Waals surface area contributed by atoms with Crippen LogP contribution >= 0.6 is 21.6 Å². The minimum atomic E-state index is -8.15. The quantitative estimate of drug-likeness (QED) is 0.00891. The van der Waals surface area contributed by atoms with Gasteiger partial charge in [0.15, 0.2) is 23.0 Å². The predicted molar refractivity (Wildman–Crippen MR) is 249 cm³/mol. The number of methoxy groups -OCH3 is 2. The standard InChI is InChI=1S/C44H38F26N2O18S2/c1-81-25-13-21(23(71(77)78)15-27(25)83-9-7-33(45,46)35(49,50)37(53,54)39(57,58)41(61,62)43(65,66)67)17-85-31(75)89-19-87-29(73)5-3-11-91-92-12-4-6-30(74)88-20-90-32(76)86-18-22-14-26(82-2)28(16-24(22)72(79)80)84-10-8-34(47,48)36(51,52)38(55,56)40(59,60)42(63,64)44(68,69)70/h13-16H,3-12,17-20H2,1-2H3. The van der Waals surface area contributed by atoms with E-state index in [0.717, 1.165) is 14.2 Å². The van der Waals surface area contributed by atoms with Crippen molar-refractivity contribution in [2.75, 3.05) is 52.5 Å². The highest BCUT2D eigenvalue weighted by molar-refractivity contribution is 8.76. The third-order valence-electron chi connectivity index (χ3n) is 11.3. The van der Waals surface area contributed by atoms with Gasteiger partial charge in [0.2, 0.25) is 13.6 Å². The van der Waals surface area contributed by atoms with E-state index < -0.39 is 204 Å². The number of esters is 2. The molecule has 0 saturated carbocycles. The molecule has 0 aliphatic carbocycles. The first kappa shape index (κ1) is 80.9. The maximum Gasteiger partial charge on any atom is 0.511 e. The third kappa shape index (κ3) is 18.3. The van der Waals surface area contributed by atoms with E-state index in [1.54, 1.807) is 0 Å². The summed E-state index contributed by atoms with van der Waals surface area (Å²) in [4.78, 5) is 68.9. The van der Waals surface area contributed by atoms with E-state index in [0.29, 0.717) is 12.1 Å². The van der Waals surface area contributed by atoms with E-state index in [2.05, 4.69) is 37.9 Å². The molecule has 0 atom stereocenters. The number of halogens is 26. The molecule has 2 aromatic carbocycles. The Hall–Kier alpha value is -7.20. The Kier molecular flexibility index (Phi) is 27.0. The molecule has 48 heteroatoms. The molecule has 0 aliphatic rings. The van der Waals surface area contributed by atoms with Gasteiger partial charge in [0.05, 0.1) is 73.4 Å². The van der Waals surface area contributed by atoms with Crippen molar-refractivity contribution in [1.29, 1.82) is 0 Å². The fourth-order valence-electron chi connectivity index (χ4n) is 6.25. The van der Waals surface area contributed by atoms with Gasteiger partial charge >= 0.3 is 95.8 Å². The van der Waals surface area contributed by atoms with E-state index >= 15 is 0 Å². The fourth-order valence-corrected chi connectivity index (χ4v) is 8.43. The lowest BCUT2D eigenvalue weighted by molar-refractivity contribution is -0.440. The summed E-state index contributed by atoms with van der Waals surface area (Å²) >= 11 is 0. The van der Waals surface area contributed by atoms with Gasteiger partial charge in [-0.1, -0.05) is 21.6 Å². The molecule has 20 nitrogen and oxygen atoms in total. The molecular formula is C44H38F26N2O18S2. The van der Waals surface area contributed by atoms with Crippen LogP contribution in [0.4, 0.5) is 135 Å². The van der Waals surface area contributed by atoms with Gasteiger partial charge in [-0.3, -0.25) is 29.8 Å². The van der Waals surface area contributed by atoms with Crippen LogP contribution in [0, 0.1) is 20.2 Å². The minimum Gasteiger partial charge on any atom is -0.493 e. The van der Waals surface area contributed by atoms with Crippen molar-refractivity contribution < 1.29 is 191 Å². The van der Waals surface area contributed by atoms with Crippen molar-refractivity contribution in [2.45, 2.75) is 123 Å². The fraction of sp³-hybridized carbons (Fsp3) is 0.636. The Bertz CT molecular complexity index is 2710. The molecule has 2 rings (SSSR count). The van der Waals surface area contributed by atoms with E-state index in [9.17, 15) is 154 Å². The summed E-state index contributed by atoms with van der Waals surface area (Å²) in [5.41, 5.74) is -3.59. The summed E-state index contributed by atoms with van der Waals surface area (Å²) in [7, 11) is 3.86. The van der Waals surface area contributed by atoms with Crippen LogP contribution in [-0.4, -0.2) is 158 Å². The van der Waals surface area contributed by atoms with Crippen LogP contribution in [0.2, 0.25) is 0 Å². The highest BCUT2D eigenvalue weighted by Crippen LogP contribution is 2.62. The van der Waals surface area contributed by atoms with Gasteiger partial charge < -0.3 is 47.4 Å². The maximum absolute atomic E-state index is 14.2. The second-order valence-corrected chi connectivity index (χ2v) is 20.2. The largest absolute Gasteiger partial charge is 0.511 e. The first-order chi connectivity index (χ1) is 41.7. The summed E-state index contributed by atoms with van der Waals surface area (Å²) in [5.74, 6) is -81.8. The first-order valence-corrected chi connectivity index (χ1v) is 26.2. The zero-order valence-corrected chi connectivity index (χ0v) is 46.7. The smallest absolute Gasteiger partial charge is 0.493 e. The van der Waals surface area contributed by atoms with Crippen LogP contribution in [-0.2, 0) is 51.2 Å². The molecule has 0 aromatic heterocycles. The Morgan fingerprint density at radius 1 is 0.413 bits per heavy atom. The van der Waals surface area contributed by atoms with Crippen LogP contribution < -0.4 is 18.9 Å². The van der Waals surface area contributed by atoms with E-state index in [-0.39, 0.29) is 49.3 Å². The molecule has 0 saturated heterocycles. The number of nitro benzene ring substituents is 2. The number of carbonyl (C=O) groups excluding carboxylic acids is 4. The predicted octanol–water partition coefficient (Wildman–Crippen LogP) is 14.5. The minimum absolute atomic E-state index is 0.135. The highest BCUT2D eigenvalue weighted by atomic mass is 33.1. The van der Waals surface area contributed by atoms with Crippen LogP contribution in [0.5, 0.6) is 23.0 Å². The monoisotopic (exact) mass is 1440 g/mol. The number of nitro groups is 2. The lowest BCUT2D eigenvalue weighted by atomic mass is 9.93. The number of hydrogen-bond donors (Lipinski definition) is 0. The summed E-state index contributed by atoms with van der Waals surface area (Å²) in [6.07, 6.45) is -24.6. The molecule has 0 unspecified atom stereocenters. The second-order valence-electron chi connectivity index (χ2n) is 17.5. The Morgan fingerprint density at radius 2 is 0.707 bits per heavy atom. The molecule has 0 spiro atoms. The van der Waals surface area contributed by atoms with Crippen molar-refractivity contribution >= 4 is 57.2 Å². The summed E-state index contributed by atoms with van der Waals surface area (Å²) in [5, 5.41) is 23.3. The molecular weight excluding hydrogens is 1400 g/mol. The first-order valence-electron chi connectivity index (χ1n) is 23.7. The lowest BCUT2D eigenvalue weighted by Gasteiger charge is -2.39. The van der Waals surface area contributed by atoms with Crippen LogP contribution in [0.3, 0.4) is 0 Å². The number of hydrogen-bond acceptors (Lipinski definition) is 20. The second kappa shape index (κ2) is 30.7. The average molecular weight is 1440 g/mol. The molecule has 0 heterocycles. The van der Waals surface area contributed by atoms with E-state index in [1.165, 1.54) is 21.6 Å². The van der Waals surface area contributed by atoms with Crippen molar-refractivity contribution in [3.05, 3.63) is 55.6 Å². The number of rotatable bonds is 37. The number of nitrogens with zero attached hydrogens (tertiary/aromatic N) is 2. The van der Waals surface area contributed by atoms with Gasteiger partial charge in [-0.05, 0) is 25.0 Å². The Balaban J connectivity index is 1.77. The molecule has 0 fully saturated rings. The molecule has 92 heavy (non-hydrogen) atoms. The molecule has 0 amide bonds. The molecule has 526 valence electrons. The van der Waals surface area contributed by atoms with Gasteiger partial charge in [0.1, 0.15) is 13.2 Å². The van der Waals surface area contributed by atoms with E-state index in [4.69, 9.17) is 9.47 Å². The summed E-state index contributed by atoms with van der Waals surface area (Å²) < 4.78 is 395. The number of carbonyl (C=O) groups is 4. The van der Waals surface area contributed by atoms with Gasteiger partial charge in [-0.2, -0.15) is 114 Å². The maximum atomic E-state index is 14.2. The molecule has 0 aliphatic heterocycles. The van der Waals surface area contributed by atoms with Crippen molar-refractivity contribution in [2.24, 2.45) is 0 Å². The number of ether oxygens (including phenoxy) is 10. The van der Waals surface area contributed by atoms with Gasteiger partial charge in [0.25, 0.3) is 11.4 Å². The van der Waals surface area contributed by atoms with Crippen molar-refractivity contribution in [3.8, 4) is 23.0 Å². The third-order valence-corrected chi connectivity index (χ3v) is 13.8. The van der Waals surface area contributed by atoms with E-state index in [1.807, 2.05) is 0 Å². The number of benzene rings is 2. The summed E-state index contributed by atoms with van der Waals surface area (Å²) in [6.45, 7) is -8.46. The Morgan fingerprint density at radius 3 is 0.978 bits per heavy atom. The highest BCUT2D eigenvalue weighted by Gasteiger charge is 2.92. The Labute approximate surface area is 501 Å². The van der Waals surface area contributed by atoms with Crippen LogP contribution in [0.1, 0.15) is 49.7 Å². The molecule has 0 bridgehead atoms. The number of alkyl halides is 26. The van der Waals surface area contributed by atoms with Gasteiger partial charge in [-0.25, -0.2) is 9.59 Å². The molecule has 0 N–H and O–H groups in total. The van der Waals surface area contributed by atoms with Gasteiger partial charge in [-0.15, -0.1) is 0 Å². The van der Waals surface area contributed by atoms with Crippen LogP contribution in [0.15, 0.2) is 24.3 Å². The van der Waals surface area contributed by atoms with Crippen molar-refractivity contribution in [3.63, 3.8) is 0 Å².